The van der Waals surface area contributed by atoms with Gasteiger partial charge in [-0.15, -0.1) is 11.3 Å². The molecule has 0 unspecified atom stereocenters. The zero-order valence-electron chi connectivity index (χ0n) is 29.6. The Hall–Kier alpha value is -6.74. The van der Waals surface area contributed by atoms with Crippen LogP contribution < -0.4 is 4.90 Å². The van der Waals surface area contributed by atoms with E-state index in [1.165, 1.54) is 75.5 Å². The van der Waals surface area contributed by atoms with Crippen LogP contribution in [0.5, 0.6) is 0 Å². The molecule has 0 saturated heterocycles. The van der Waals surface area contributed by atoms with E-state index in [1.54, 1.807) is 0 Å². The van der Waals surface area contributed by atoms with Gasteiger partial charge in [0.1, 0.15) is 0 Å². The number of anilines is 3. The van der Waals surface area contributed by atoms with E-state index in [1.807, 2.05) is 11.3 Å². The summed E-state index contributed by atoms with van der Waals surface area (Å²) in [6.45, 7) is 0. The van der Waals surface area contributed by atoms with E-state index in [0.29, 0.717) is 0 Å². The molecule has 10 rings (SSSR count). The van der Waals surface area contributed by atoms with Crippen LogP contribution in [0.1, 0.15) is 0 Å². The SMILES string of the molecule is c1ccc(-c2ccc(-c3ccc(N(c4ccccc4)c4ccc(-c5ccc6sc7cc8ccccc8cc7c6c5)cc4)cc3)c(-c3ccccc3)c2)cc1. The molecule has 0 spiro atoms. The van der Waals surface area contributed by atoms with Crippen molar-refractivity contribution < 1.29 is 0 Å². The van der Waals surface area contributed by atoms with Crippen molar-refractivity contribution in [3.05, 3.63) is 212 Å². The third kappa shape index (κ3) is 5.93. The molecule has 0 amide bonds. The molecule has 0 fully saturated rings. The van der Waals surface area contributed by atoms with Gasteiger partial charge in [0, 0.05) is 37.2 Å². The fourth-order valence-corrected chi connectivity index (χ4v) is 8.84. The standard InChI is InChI=1S/C52H35NS/c1-4-12-36(13-5-1)42-24-30-47(48(32-42)38-14-6-2-7-15-38)39-22-28-46(29-23-39)53(44-18-8-3-9-19-44)45-26-20-37(21-27-45)43-25-31-51-49(34-43)50-33-40-16-10-11-17-41(40)35-52(50)54-51/h1-35H. The van der Waals surface area contributed by atoms with E-state index in [4.69, 9.17) is 0 Å². The molecule has 0 atom stereocenters. The molecule has 0 bridgehead atoms. The molecule has 0 radical (unpaired) electrons. The number of para-hydroxylation sites is 1. The summed E-state index contributed by atoms with van der Waals surface area (Å²) in [6.07, 6.45) is 0. The van der Waals surface area contributed by atoms with Crippen molar-refractivity contribution in [3.63, 3.8) is 0 Å². The highest BCUT2D eigenvalue weighted by Gasteiger charge is 2.15. The molecule has 0 aliphatic carbocycles. The number of thiophene rings is 1. The maximum absolute atomic E-state index is 2.36. The van der Waals surface area contributed by atoms with Crippen LogP contribution >= 0.6 is 11.3 Å². The number of hydrogen-bond donors (Lipinski definition) is 0. The van der Waals surface area contributed by atoms with Gasteiger partial charge in [0.05, 0.1) is 0 Å². The van der Waals surface area contributed by atoms with Gasteiger partial charge in [0.25, 0.3) is 0 Å². The maximum Gasteiger partial charge on any atom is 0.0462 e. The molecular weight excluding hydrogens is 671 g/mol. The number of rotatable bonds is 7. The van der Waals surface area contributed by atoms with E-state index in [2.05, 4.69) is 217 Å². The first-order valence-corrected chi connectivity index (χ1v) is 19.2. The summed E-state index contributed by atoms with van der Waals surface area (Å²) in [5.41, 5.74) is 13.0. The quantitative estimate of drug-likeness (QED) is 0.160. The molecular formula is C52H35NS. The van der Waals surface area contributed by atoms with Crippen LogP contribution in [-0.4, -0.2) is 0 Å². The lowest BCUT2D eigenvalue weighted by Crippen LogP contribution is -2.09. The fourth-order valence-electron chi connectivity index (χ4n) is 7.72. The predicted octanol–water partition coefficient (Wildman–Crippen LogP) is 15.3. The Labute approximate surface area is 319 Å². The average Bonchev–Trinajstić information content (AvgIpc) is 3.61. The first-order chi connectivity index (χ1) is 26.7. The van der Waals surface area contributed by atoms with Crippen molar-refractivity contribution in [2.24, 2.45) is 0 Å². The van der Waals surface area contributed by atoms with E-state index in [9.17, 15) is 0 Å². The van der Waals surface area contributed by atoms with E-state index < -0.39 is 0 Å². The third-order valence-electron chi connectivity index (χ3n) is 10.5. The third-order valence-corrected chi connectivity index (χ3v) is 11.6. The highest BCUT2D eigenvalue weighted by molar-refractivity contribution is 7.25. The summed E-state index contributed by atoms with van der Waals surface area (Å²) in [6, 6.07) is 77.0. The van der Waals surface area contributed by atoms with Gasteiger partial charge < -0.3 is 4.90 Å². The van der Waals surface area contributed by atoms with Crippen LogP contribution in [0.2, 0.25) is 0 Å². The van der Waals surface area contributed by atoms with Crippen molar-refractivity contribution in [2.45, 2.75) is 0 Å². The number of fused-ring (bicyclic) bond motifs is 4. The van der Waals surface area contributed by atoms with E-state index in [0.717, 1.165) is 17.1 Å². The minimum Gasteiger partial charge on any atom is -0.311 e. The molecule has 254 valence electrons. The van der Waals surface area contributed by atoms with Gasteiger partial charge in [-0.05, 0) is 122 Å². The highest BCUT2D eigenvalue weighted by Crippen LogP contribution is 2.41. The van der Waals surface area contributed by atoms with Crippen LogP contribution in [0.25, 0.3) is 75.5 Å². The van der Waals surface area contributed by atoms with Gasteiger partial charge in [-0.3, -0.25) is 0 Å². The molecule has 10 aromatic rings. The Morgan fingerprint density at radius 3 is 1.43 bits per heavy atom. The maximum atomic E-state index is 2.36. The molecule has 0 aliphatic heterocycles. The summed E-state index contributed by atoms with van der Waals surface area (Å²) < 4.78 is 2.66. The van der Waals surface area contributed by atoms with E-state index in [-0.39, 0.29) is 0 Å². The Bertz CT molecular complexity index is 2890. The Morgan fingerprint density at radius 2 is 0.741 bits per heavy atom. The van der Waals surface area contributed by atoms with Gasteiger partial charge >= 0.3 is 0 Å². The summed E-state index contributed by atoms with van der Waals surface area (Å²) in [4.78, 5) is 2.34. The summed E-state index contributed by atoms with van der Waals surface area (Å²) in [5.74, 6) is 0. The van der Waals surface area contributed by atoms with Crippen LogP contribution in [0.4, 0.5) is 17.1 Å². The minimum absolute atomic E-state index is 1.11. The predicted molar refractivity (Wildman–Crippen MR) is 233 cm³/mol. The van der Waals surface area contributed by atoms with Crippen molar-refractivity contribution in [1.82, 2.24) is 0 Å². The zero-order chi connectivity index (χ0) is 35.8. The fraction of sp³-hybridized carbons (Fsp3) is 0. The van der Waals surface area contributed by atoms with Gasteiger partial charge in [-0.1, -0.05) is 146 Å². The highest BCUT2D eigenvalue weighted by atomic mass is 32.1. The Balaban J connectivity index is 1.00. The first kappa shape index (κ1) is 32.0. The first-order valence-electron chi connectivity index (χ1n) is 18.4. The normalized spacial score (nSPS) is 11.3. The molecule has 9 aromatic carbocycles. The number of hydrogen-bond acceptors (Lipinski definition) is 2. The second-order valence-corrected chi connectivity index (χ2v) is 14.8. The van der Waals surface area contributed by atoms with Gasteiger partial charge in [0.2, 0.25) is 0 Å². The van der Waals surface area contributed by atoms with Crippen LogP contribution in [0.3, 0.4) is 0 Å². The second kappa shape index (κ2) is 13.7. The molecule has 0 N–H and O–H groups in total. The number of benzene rings is 9. The van der Waals surface area contributed by atoms with Crippen molar-refractivity contribution in [2.75, 3.05) is 4.90 Å². The van der Waals surface area contributed by atoms with Crippen LogP contribution in [0, 0.1) is 0 Å². The van der Waals surface area contributed by atoms with Gasteiger partial charge in [0.15, 0.2) is 0 Å². The van der Waals surface area contributed by atoms with Gasteiger partial charge in [-0.25, -0.2) is 0 Å². The van der Waals surface area contributed by atoms with Crippen LogP contribution in [-0.2, 0) is 0 Å². The molecule has 1 nitrogen and oxygen atoms in total. The average molecular weight is 706 g/mol. The molecule has 54 heavy (non-hydrogen) atoms. The molecule has 1 aromatic heterocycles. The number of nitrogens with zero attached hydrogens (tertiary/aromatic N) is 1. The monoisotopic (exact) mass is 705 g/mol. The van der Waals surface area contributed by atoms with Crippen LogP contribution in [0.15, 0.2) is 212 Å². The summed E-state index contributed by atoms with van der Waals surface area (Å²) >= 11 is 1.87. The lowest BCUT2D eigenvalue weighted by Gasteiger charge is -2.26. The largest absolute Gasteiger partial charge is 0.311 e. The minimum atomic E-state index is 1.11. The van der Waals surface area contributed by atoms with Crippen molar-refractivity contribution in [1.29, 1.82) is 0 Å². The summed E-state index contributed by atoms with van der Waals surface area (Å²) in [7, 11) is 0. The molecule has 1 heterocycles. The Morgan fingerprint density at radius 1 is 0.278 bits per heavy atom. The summed E-state index contributed by atoms with van der Waals surface area (Å²) in [5, 5.41) is 5.22. The van der Waals surface area contributed by atoms with Crippen molar-refractivity contribution in [3.8, 4) is 44.5 Å². The zero-order valence-corrected chi connectivity index (χ0v) is 30.4. The Kier molecular flexibility index (Phi) is 8.09. The molecule has 2 heteroatoms. The molecule has 0 aliphatic rings. The topological polar surface area (TPSA) is 3.24 Å². The van der Waals surface area contributed by atoms with E-state index >= 15 is 0 Å². The lowest BCUT2D eigenvalue weighted by atomic mass is 9.91. The lowest BCUT2D eigenvalue weighted by molar-refractivity contribution is 1.28. The molecule has 0 saturated carbocycles. The smallest absolute Gasteiger partial charge is 0.0462 e. The van der Waals surface area contributed by atoms with Gasteiger partial charge in [-0.2, -0.15) is 0 Å². The van der Waals surface area contributed by atoms with Crippen molar-refractivity contribution >= 4 is 59.3 Å². The second-order valence-electron chi connectivity index (χ2n) is 13.8.